The Balaban J connectivity index is 2.40. The van der Waals surface area contributed by atoms with E-state index in [1.807, 2.05) is 24.3 Å². The summed E-state index contributed by atoms with van der Waals surface area (Å²) in [6, 6.07) is 12.3. The number of carbonyl (C=O) groups is 2. The largest absolute Gasteiger partial charge is 0.478 e. The van der Waals surface area contributed by atoms with Crippen LogP contribution in [0.3, 0.4) is 0 Å². The van der Waals surface area contributed by atoms with Crippen LogP contribution in [0.5, 0.6) is 0 Å². The Bertz CT molecular complexity index is 683. The second kappa shape index (κ2) is 6.95. The van der Waals surface area contributed by atoms with Crippen molar-refractivity contribution in [3.05, 3.63) is 57.2 Å². The molecule has 0 amide bonds. The van der Waals surface area contributed by atoms with Gasteiger partial charge in [-0.1, -0.05) is 11.8 Å². The van der Waals surface area contributed by atoms with Gasteiger partial charge in [-0.3, -0.25) is 0 Å². The second-order valence-corrected chi connectivity index (χ2v) is 6.42. The lowest BCUT2D eigenvalue weighted by Gasteiger charge is -2.09. The number of hydrogen-bond donors (Lipinski definition) is 1. The molecule has 0 saturated heterocycles. The minimum Gasteiger partial charge on any atom is -0.478 e. The SMILES string of the molecule is COC(=O)c1cc(C(=O)O)ccc1Sc1ccc(I)cc1. The maximum atomic E-state index is 11.8. The molecule has 21 heavy (non-hydrogen) atoms. The predicted octanol–water partition coefficient (Wildman–Crippen LogP) is 3.93. The highest BCUT2D eigenvalue weighted by Gasteiger charge is 2.16. The molecular weight excluding hydrogens is 403 g/mol. The lowest BCUT2D eigenvalue weighted by Crippen LogP contribution is -2.06. The summed E-state index contributed by atoms with van der Waals surface area (Å²) >= 11 is 3.60. The van der Waals surface area contributed by atoms with E-state index in [1.165, 1.54) is 31.0 Å². The Hall–Kier alpha value is -1.54. The van der Waals surface area contributed by atoms with Gasteiger partial charge < -0.3 is 9.84 Å². The van der Waals surface area contributed by atoms with Crippen molar-refractivity contribution in [2.45, 2.75) is 9.79 Å². The minimum atomic E-state index is -1.08. The summed E-state index contributed by atoms with van der Waals surface area (Å²) in [4.78, 5) is 24.5. The molecule has 6 heteroatoms. The van der Waals surface area contributed by atoms with Gasteiger partial charge in [0.25, 0.3) is 0 Å². The highest BCUT2D eigenvalue weighted by molar-refractivity contribution is 14.1. The first kappa shape index (κ1) is 15.8. The quantitative estimate of drug-likeness (QED) is 0.607. The van der Waals surface area contributed by atoms with Gasteiger partial charge in [-0.25, -0.2) is 9.59 Å². The number of methoxy groups -OCH3 is 1. The summed E-state index contributed by atoms with van der Waals surface area (Å²) in [6.07, 6.45) is 0. The maximum absolute atomic E-state index is 11.8. The number of carbonyl (C=O) groups excluding carboxylic acids is 1. The summed E-state index contributed by atoms with van der Waals surface area (Å²) in [5, 5.41) is 9.02. The van der Waals surface area contributed by atoms with Crippen LogP contribution in [-0.4, -0.2) is 24.2 Å². The molecular formula is C15H11IO4S. The molecule has 0 aliphatic carbocycles. The average Bonchev–Trinajstić information content (AvgIpc) is 2.49. The molecule has 0 unspecified atom stereocenters. The Morgan fingerprint density at radius 2 is 1.81 bits per heavy atom. The van der Waals surface area contributed by atoms with Gasteiger partial charge in [-0.15, -0.1) is 0 Å². The summed E-state index contributed by atoms with van der Waals surface area (Å²) in [5.41, 5.74) is 0.309. The lowest BCUT2D eigenvalue weighted by molar-refractivity contribution is 0.0597. The monoisotopic (exact) mass is 414 g/mol. The fraction of sp³-hybridized carbons (Fsp3) is 0.0667. The summed E-state index contributed by atoms with van der Waals surface area (Å²) in [5.74, 6) is -1.63. The van der Waals surface area contributed by atoms with Crippen molar-refractivity contribution in [3.63, 3.8) is 0 Å². The van der Waals surface area contributed by atoms with Crippen LogP contribution in [0.25, 0.3) is 0 Å². The summed E-state index contributed by atoms with van der Waals surface area (Å²) in [6.45, 7) is 0. The molecule has 4 nitrogen and oxygen atoms in total. The fourth-order valence-corrected chi connectivity index (χ4v) is 2.93. The first-order valence-electron chi connectivity index (χ1n) is 5.90. The van der Waals surface area contributed by atoms with Crippen LogP contribution in [0.2, 0.25) is 0 Å². The summed E-state index contributed by atoms with van der Waals surface area (Å²) < 4.78 is 5.84. The van der Waals surface area contributed by atoms with Gasteiger partial charge in [0.2, 0.25) is 0 Å². The number of benzene rings is 2. The number of hydrogen-bond acceptors (Lipinski definition) is 4. The minimum absolute atomic E-state index is 0.0577. The van der Waals surface area contributed by atoms with Crippen LogP contribution in [0, 0.1) is 3.57 Å². The second-order valence-electron chi connectivity index (χ2n) is 4.06. The van der Waals surface area contributed by atoms with Crippen LogP contribution in [0.1, 0.15) is 20.7 Å². The molecule has 1 N–H and O–H groups in total. The van der Waals surface area contributed by atoms with E-state index in [0.29, 0.717) is 4.90 Å². The molecule has 2 aromatic carbocycles. The van der Waals surface area contributed by atoms with E-state index in [4.69, 9.17) is 9.84 Å². The van der Waals surface area contributed by atoms with Crippen molar-refractivity contribution < 1.29 is 19.4 Å². The van der Waals surface area contributed by atoms with Crippen LogP contribution < -0.4 is 0 Å². The molecule has 0 bridgehead atoms. The number of rotatable bonds is 4. The molecule has 2 aromatic rings. The van der Waals surface area contributed by atoms with Gasteiger partial charge in [0, 0.05) is 13.4 Å². The molecule has 0 spiro atoms. The van der Waals surface area contributed by atoms with Gasteiger partial charge in [0.05, 0.1) is 18.2 Å². The van der Waals surface area contributed by atoms with E-state index in [1.54, 1.807) is 6.07 Å². The van der Waals surface area contributed by atoms with E-state index in [2.05, 4.69) is 22.6 Å². The first-order valence-corrected chi connectivity index (χ1v) is 7.80. The fourth-order valence-electron chi connectivity index (χ4n) is 1.65. The molecule has 0 heterocycles. The zero-order chi connectivity index (χ0) is 15.4. The van der Waals surface area contributed by atoms with Crippen molar-refractivity contribution >= 4 is 46.3 Å². The Morgan fingerprint density at radius 3 is 2.38 bits per heavy atom. The van der Waals surface area contributed by atoms with Crippen molar-refractivity contribution in [2.24, 2.45) is 0 Å². The van der Waals surface area contributed by atoms with Crippen molar-refractivity contribution in [1.82, 2.24) is 0 Å². The number of aromatic carboxylic acids is 1. The number of halogens is 1. The van der Waals surface area contributed by atoms with E-state index < -0.39 is 11.9 Å². The van der Waals surface area contributed by atoms with Crippen LogP contribution in [0.15, 0.2) is 52.3 Å². The number of ether oxygens (including phenoxy) is 1. The van der Waals surface area contributed by atoms with E-state index in [-0.39, 0.29) is 11.1 Å². The van der Waals surface area contributed by atoms with Gasteiger partial charge in [0.15, 0.2) is 0 Å². The Kier molecular flexibility index (Phi) is 5.24. The average molecular weight is 414 g/mol. The van der Waals surface area contributed by atoms with Gasteiger partial charge in [-0.2, -0.15) is 0 Å². The molecule has 0 saturated carbocycles. The van der Waals surface area contributed by atoms with Crippen molar-refractivity contribution in [2.75, 3.05) is 7.11 Å². The van der Waals surface area contributed by atoms with Crippen LogP contribution in [0.4, 0.5) is 0 Å². The van der Waals surface area contributed by atoms with Crippen LogP contribution >= 0.6 is 34.4 Å². The maximum Gasteiger partial charge on any atom is 0.339 e. The standard InChI is InChI=1S/C15H11IO4S/c1-20-15(19)12-8-9(14(17)18)2-7-13(12)21-11-5-3-10(16)4-6-11/h2-8H,1H3,(H,17,18). The molecule has 0 aromatic heterocycles. The Morgan fingerprint density at radius 1 is 1.14 bits per heavy atom. The van der Waals surface area contributed by atoms with Gasteiger partial charge in [0.1, 0.15) is 0 Å². The third kappa shape index (κ3) is 3.98. The zero-order valence-electron chi connectivity index (χ0n) is 11.0. The smallest absolute Gasteiger partial charge is 0.339 e. The summed E-state index contributed by atoms with van der Waals surface area (Å²) in [7, 11) is 1.27. The number of carboxylic acids is 1. The van der Waals surface area contributed by atoms with E-state index in [9.17, 15) is 9.59 Å². The molecule has 0 aliphatic heterocycles. The third-order valence-electron chi connectivity index (χ3n) is 2.67. The predicted molar refractivity (Wildman–Crippen MR) is 88.0 cm³/mol. The van der Waals surface area contributed by atoms with Gasteiger partial charge >= 0.3 is 11.9 Å². The number of carboxylic acid groups (broad SMARTS) is 1. The van der Waals surface area contributed by atoms with E-state index in [0.717, 1.165) is 8.47 Å². The zero-order valence-corrected chi connectivity index (χ0v) is 14.0. The highest BCUT2D eigenvalue weighted by atomic mass is 127. The molecule has 108 valence electrons. The molecule has 2 rings (SSSR count). The number of esters is 1. The Labute approximate surface area is 139 Å². The third-order valence-corrected chi connectivity index (χ3v) is 4.48. The topological polar surface area (TPSA) is 63.6 Å². The molecule has 0 radical (unpaired) electrons. The van der Waals surface area contributed by atoms with Crippen LogP contribution in [-0.2, 0) is 4.74 Å². The van der Waals surface area contributed by atoms with Crippen molar-refractivity contribution in [3.8, 4) is 0 Å². The normalized spacial score (nSPS) is 10.2. The lowest BCUT2D eigenvalue weighted by atomic mass is 10.1. The first-order chi connectivity index (χ1) is 10.0. The van der Waals surface area contributed by atoms with Gasteiger partial charge in [-0.05, 0) is 65.1 Å². The molecule has 0 fully saturated rings. The molecule has 0 atom stereocenters. The highest BCUT2D eigenvalue weighted by Crippen LogP contribution is 2.31. The molecule has 0 aliphatic rings. The van der Waals surface area contributed by atoms with Crippen molar-refractivity contribution in [1.29, 1.82) is 0 Å². The van der Waals surface area contributed by atoms with E-state index >= 15 is 0 Å².